The molecule has 0 atom stereocenters. The predicted octanol–water partition coefficient (Wildman–Crippen LogP) is 5.87. The van der Waals surface area contributed by atoms with E-state index in [2.05, 4.69) is 6.07 Å². The van der Waals surface area contributed by atoms with E-state index in [1.807, 2.05) is 24.3 Å². The molecule has 34 heavy (non-hydrogen) atoms. The van der Waals surface area contributed by atoms with Crippen LogP contribution in [0.1, 0.15) is 32.7 Å². The zero-order chi connectivity index (χ0) is 23.2. The van der Waals surface area contributed by atoms with Crippen molar-refractivity contribution < 1.29 is 18.7 Å². The number of carbonyl (C=O) groups is 1. The summed E-state index contributed by atoms with van der Waals surface area (Å²) >= 11 is 0. The first-order valence-electron chi connectivity index (χ1n) is 10.6. The maximum Gasteiger partial charge on any atom is 0.231 e. The molecule has 0 spiro atoms. The summed E-state index contributed by atoms with van der Waals surface area (Å²) in [5, 5.41) is 10.2. The minimum absolute atomic E-state index is 0.119. The van der Waals surface area contributed by atoms with Crippen LogP contribution in [0.4, 0.5) is 4.39 Å². The van der Waals surface area contributed by atoms with E-state index in [1.54, 1.807) is 42.5 Å². The molecule has 0 bridgehead atoms. The van der Waals surface area contributed by atoms with Crippen molar-refractivity contribution in [1.29, 1.82) is 5.26 Å². The van der Waals surface area contributed by atoms with Crippen molar-refractivity contribution in [1.82, 2.24) is 4.98 Å². The first kappa shape index (κ1) is 19.9. The van der Waals surface area contributed by atoms with Gasteiger partial charge in [-0.15, -0.1) is 0 Å². The SMILES string of the molecule is N#Cc1c(/C=C/c2ccc(F)cc2)nc2c(c1-c1ccc3c(c1)OCO3)C(=O)c1ccccc1-2. The maximum atomic E-state index is 13.4. The Kier molecular flexibility index (Phi) is 4.49. The lowest BCUT2D eigenvalue weighted by Crippen LogP contribution is -2.04. The highest BCUT2D eigenvalue weighted by Crippen LogP contribution is 2.45. The predicted molar refractivity (Wildman–Crippen MR) is 125 cm³/mol. The molecule has 1 aliphatic heterocycles. The van der Waals surface area contributed by atoms with E-state index in [9.17, 15) is 14.4 Å². The normalized spacial score (nSPS) is 13.1. The number of hydrogen-bond acceptors (Lipinski definition) is 5. The molecule has 0 radical (unpaired) electrons. The molecule has 2 heterocycles. The molecule has 0 amide bonds. The molecule has 3 aromatic carbocycles. The van der Waals surface area contributed by atoms with Gasteiger partial charge in [-0.25, -0.2) is 9.37 Å². The highest BCUT2D eigenvalue weighted by molar-refractivity contribution is 6.24. The molecular weight excluding hydrogens is 431 g/mol. The van der Waals surface area contributed by atoms with Crippen molar-refractivity contribution in [3.63, 3.8) is 0 Å². The van der Waals surface area contributed by atoms with Crippen LogP contribution in [0.3, 0.4) is 0 Å². The summed E-state index contributed by atoms with van der Waals surface area (Å²) in [4.78, 5) is 18.2. The number of halogens is 1. The Bertz CT molecular complexity index is 1570. The van der Waals surface area contributed by atoms with Crippen LogP contribution < -0.4 is 9.47 Å². The summed E-state index contributed by atoms with van der Waals surface area (Å²) in [5.74, 6) is 0.666. The van der Waals surface area contributed by atoms with E-state index in [0.29, 0.717) is 45.1 Å². The topological polar surface area (TPSA) is 72.2 Å². The van der Waals surface area contributed by atoms with Gasteiger partial charge in [0.1, 0.15) is 11.9 Å². The fraction of sp³-hybridized carbons (Fsp3) is 0.0357. The van der Waals surface area contributed by atoms with Crippen molar-refractivity contribution in [2.75, 3.05) is 6.79 Å². The molecular formula is C28H15FN2O3. The third-order valence-electron chi connectivity index (χ3n) is 5.96. The Morgan fingerprint density at radius 2 is 1.68 bits per heavy atom. The number of hydrogen-bond donors (Lipinski definition) is 0. The van der Waals surface area contributed by atoms with E-state index < -0.39 is 0 Å². The molecule has 0 saturated carbocycles. The second kappa shape index (κ2) is 7.68. The second-order valence-corrected chi connectivity index (χ2v) is 7.91. The lowest BCUT2D eigenvalue weighted by atomic mass is 9.91. The van der Waals surface area contributed by atoms with E-state index in [-0.39, 0.29) is 24.0 Å². The van der Waals surface area contributed by atoms with Gasteiger partial charge in [-0.1, -0.05) is 48.5 Å². The third kappa shape index (κ3) is 3.06. The Labute approximate surface area is 194 Å². The van der Waals surface area contributed by atoms with Crippen molar-refractivity contribution in [2.45, 2.75) is 0 Å². The molecule has 0 unspecified atom stereocenters. The van der Waals surface area contributed by atoms with E-state index in [0.717, 1.165) is 11.1 Å². The number of carbonyl (C=O) groups excluding carboxylic acids is 1. The van der Waals surface area contributed by atoms with Crippen LogP contribution in [0, 0.1) is 17.1 Å². The van der Waals surface area contributed by atoms with Crippen molar-refractivity contribution in [3.8, 4) is 40.0 Å². The van der Waals surface area contributed by atoms with Gasteiger partial charge >= 0.3 is 0 Å². The smallest absolute Gasteiger partial charge is 0.231 e. The lowest BCUT2D eigenvalue weighted by molar-refractivity contribution is 0.104. The molecule has 1 aromatic heterocycles. The average molecular weight is 446 g/mol. The van der Waals surface area contributed by atoms with E-state index in [4.69, 9.17) is 14.5 Å². The fourth-order valence-corrected chi connectivity index (χ4v) is 4.37. The van der Waals surface area contributed by atoms with Gasteiger partial charge in [0.25, 0.3) is 0 Å². The van der Waals surface area contributed by atoms with Gasteiger partial charge in [0.05, 0.1) is 22.5 Å². The number of ether oxygens (including phenoxy) is 2. The Morgan fingerprint density at radius 1 is 0.912 bits per heavy atom. The number of benzene rings is 3. The molecule has 0 fully saturated rings. The van der Waals surface area contributed by atoms with Crippen molar-refractivity contribution >= 4 is 17.9 Å². The van der Waals surface area contributed by atoms with Gasteiger partial charge in [0.15, 0.2) is 17.3 Å². The quantitative estimate of drug-likeness (QED) is 0.347. The van der Waals surface area contributed by atoms with Gasteiger partial charge in [-0.05, 0) is 41.5 Å². The first-order valence-corrected chi connectivity index (χ1v) is 10.6. The average Bonchev–Trinajstić information content (AvgIpc) is 3.45. The van der Waals surface area contributed by atoms with Crippen LogP contribution in [-0.4, -0.2) is 17.6 Å². The number of nitrogens with zero attached hydrogens (tertiary/aromatic N) is 2. The molecule has 6 rings (SSSR count). The summed E-state index contributed by atoms with van der Waals surface area (Å²) in [6.45, 7) is 0.119. The van der Waals surface area contributed by atoms with Gasteiger partial charge in [-0.2, -0.15) is 5.26 Å². The van der Waals surface area contributed by atoms with Gasteiger partial charge < -0.3 is 9.47 Å². The number of fused-ring (bicyclic) bond motifs is 4. The van der Waals surface area contributed by atoms with Crippen LogP contribution in [0.5, 0.6) is 11.5 Å². The van der Waals surface area contributed by atoms with Crippen LogP contribution >= 0.6 is 0 Å². The van der Waals surface area contributed by atoms with Crippen LogP contribution in [-0.2, 0) is 0 Å². The summed E-state index contributed by atoms with van der Waals surface area (Å²) < 4.78 is 24.3. The highest BCUT2D eigenvalue weighted by atomic mass is 19.1. The Hall–Kier alpha value is -4.76. The minimum Gasteiger partial charge on any atom is -0.454 e. The standard InChI is InChI=1S/C28H15FN2O3/c29-18-9-5-16(6-10-18)7-11-22-21(14-30)25(17-8-12-23-24(13-17)34-15-33-23)26-27(31-22)19-3-1-2-4-20(19)28(26)32/h1-13H,15H2/b11-7+. The molecule has 162 valence electrons. The Morgan fingerprint density at radius 3 is 2.47 bits per heavy atom. The number of aromatic nitrogens is 1. The first-order chi connectivity index (χ1) is 16.6. The van der Waals surface area contributed by atoms with Crippen LogP contribution in [0.25, 0.3) is 34.5 Å². The summed E-state index contributed by atoms with van der Waals surface area (Å²) in [5.41, 5.74) is 4.83. The summed E-state index contributed by atoms with van der Waals surface area (Å²) in [6.07, 6.45) is 3.48. The molecule has 0 saturated heterocycles. The molecule has 5 nitrogen and oxygen atoms in total. The molecule has 2 aliphatic rings. The van der Waals surface area contributed by atoms with E-state index >= 15 is 0 Å². The molecule has 4 aromatic rings. The van der Waals surface area contributed by atoms with Crippen molar-refractivity contribution in [3.05, 3.63) is 100 Å². The lowest BCUT2D eigenvalue weighted by Gasteiger charge is -2.13. The molecule has 0 N–H and O–H groups in total. The molecule has 1 aliphatic carbocycles. The van der Waals surface area contributed by atoms with Gasteiger partial charge in [0, 0.05) is 16.7 Å². The zero-order valence-corrected chi connectivity index (χ0v) is 17.7. The van der Waals surface area contributed by atoms with Gasteiger partial charge in [-0.3, -0.25) is 4.79 Å². The minimum atomic E-state index is -0.328. The summed E-state index contributed by atoms with van der Waals surface area (Å²) in [6, 6.07) is 20.9. The Balaban J connectivity index is 1.61. The number of ketones is 1. The maximum absolute atomic E-state index is 13.4. The number of nitriles is 1. The van der Waals surface area contributed by atoms with Crippen molar-refractivity contribution in [2.24, 2.45) is 0 Å². The third-order valence-corrected chi connectivity index (χ3v) is 5.96. The van der Waals surface area contributed by atoms with Gasteiger partial charge in [0.2, 0.25) is 6.79 Å². The number of pyridine rings is 1. The highest BCUT2D eigenvalue weighted by Gasteiger charge is 2.34. The number of rotatable bonds is 3. The second-order valence-electron chi connectivity index (χ2n) is 7.91. The zero-order valence-electron chi connectivity index (χ0n) is 17.7. The monoisotopic (exact) mass is 446 g/mol. The van der Waals surface area contributed by atoms with Crippen LogP contribution in [0.15, 0.2) is 66.7 Å². The fourth-order valence-electron chi connectivity index (χ4n) is 4.37. The largest absolute Gasteiger partial charge is 0.454 e. The van der Waals surface area contributed by atoms with Crippen LogP contribution in [0.2, 0.25) is 0 Å². The van der Waals surface area contributed by atoms with E-state index in [1.165, 1.54) is 12.1 Å². The summed E-state index contributed by atoms with van der Waals surface area (Å²) in [7, 11) is 0. The molecule has 6 heteroatoms.